The van der Waals surface area contributed by atoms with Crippen LogP contribution in [0.4, 0.5) is 15.8 Å². The number of pyridine rings is 1. The molecule has 98 valence electrons. The Morgan fingerprint density at radius 2 is 2.00 bits per heavy atom. The van der Waals surface area contributed by atoms with Crippen molar-refractivity contribution in [2.75, 3.05) is 17.2 Å². The Labute approximate surface area is 110 Å². The largest absolute Gasteiger partial charge is 0.398 e. The van der Waals surface area contributed by atoms with Crippen LogP contribution in [0, 0.1) is 5.82 Å². The Hall–Kier alpha value is -2.43. The van der Waals surface area contributed by atoms with Crippen LogP contribution in [0.3, 0.4) is 0 Å². The number of anilines is 2. The number of amides is 1. The summed E-state index contributed by atoms with van der Waals surface area (Å²) in [6.07, 6.45) is 3.22. The number of halogens is 1. The molecule has 0 saturated carbocycles. The molecule has 0 spiro atoms. The van der Waals surface area contributed by atoms with Crippen molar-refractivity contribution in [2.24, 2.45) is 0 Å². The molecule has 0 unspecified atom stereocenters. The van der Waals surface area contributed by atoms with Crippen molar-refractivity contribution in [3.8, 4) is 0 Å². The average Bonchev–Trinajstić information content (AvgIpc) is 2.40. The molecule has 1 aromatic heterocycles. The van der Waals surface area contributed by atoms with Crippen molar-refractivity contribution < 1.29 is 9.18 Å². The second-order valence-corrected chi connectivity index (χ2v) is 3.99. The van der Waals surface area contributed by atoms with Gasteiger partial charge in [0, 0.05) is 30.3 Å². The van der Waals surface area contributed by atoms with Gasteiger partial charge in [-0.15, -0.1) is 0 Å². The van der Waals surface area contributed by atoms with Crippen LogP contribution in [0.15, 0.2) is 42.7 Å². The molecule has 1 amide bonds. The molecule has 0 radical (unpaired) electrons. The van der Waals surface area contributed by atoms with Gasteiger partial charge in [-0.25, -0.2) is 4.39 Å². The summed E-state index contributed by atoms with van der Waals surface area (Å²) in [6, 6.07) is 7.25. The molecule has 1 heterocycles. The van der Waals surface area contributed by atoms with Crippen molar-refractivity contribution in [3.63, 3.8) is 0 Å². The van der Waals surface area contributed by atoms with Gasteiger partial charge in [-0.2, -0.15) is 0 Å². The summed E-state index contributed by atoms with van der Waals surface area (Å²) in [5.41, 5.74) is 6.85. The highest BCUT2D eigenvalue weighted by atomic mass is 19.1. The predicted octanol–water partition coefficient (Wildman–Crippen LogP) is 2.47. The molecule has 4 nitrogen and oxygen atoms in total. The van der Waals surface area contributed by atoms with E-state index in [-0.39, 0.29) is 11.6 Å². The molecule has 0 saturated heterocycles. The van der Waals surface area contributed by atoms with Crippen LogP contribution in [0.5, 0.6) is 0 Å². The summed E-state index contributed by atoms with van der Waals surface area (Å²) >= 11 is 0. The first kappa shape index (κ1) is 13.0. The van der Waals surface area contributed by atoms with E-state index in [2.05, 4.69) is 4.98 Å². The first-order valence-electron chi connectivity index (χ1n) is 5.90. The highest BCUT2D eigenvalue weighted by molar-refractivity contribution is 6.09. The van der Waals surface area contributed by atoms with E-state index in [1.165, 1.54) is 12.1 Å². The van der Waals surface area contributed by atoms with E-state index in [0.717, 1.165) is 11.8 Å². The molecule has 5 heteroatoms. The number of nitrogens with two attached hydrogens (primary N) is 1. The summed E-state index contributed by atoms with van der Waals surface area (Å²) in [6.45, 7) is 2.34. The minimum atomic E-state index is -0.457. The van der Waals surface area contributed by atoms with Crippen LogP contribution in [0.2, 0.25) is 0 Å². The lowest BCUT2D eigenvalue weighted by Gasteiger charge is -2.21. The Bertz CT molecular complexity index is 586. The molecule has 0 fully saturated rings. The molecule has 0 aliphatic rings. The van der Waals surface area contributed by atoms with E-state index in [1.54, 1.807) is 29.4 Å². The summed E-state index contributed by atoms with van der Waals surface area (Å²) in [5, 5.41) is 0. The van der Waals surface area contributed by atoms with Gasteiger partial charge in [0.2, 0.25) is 0 Å². The van der Waals surface area contributed by atoms with Gasteiger partial charge in [-0.3, -0.25) is 9.78 Å². The summed E-state index contributed by atoms with van der Waals surface area (Å²) in [4.78, 5) is 17.9. The predicted molar refractivity (Wildman–Crippen MR) is 72.4 cm³/mol. The van der Waals surface area contributed by atoms with Crippen LogP contribution in [0.25, 0.3) is 0 Å². The number of aromatic nitrogens is 1. The third-order valence-corrected chi connectivity index (χ3v) is 2.78. The maximum atomic E-state index is 13.0. The van der Waals surface area contributed by atoms with Crippen LogP contribution in [-0.2, 0) is 0 Å². The third-order valence-electron chi connectivity index (χ3n) is 2.78. The fraction of sp³-hybridized carbons (Fsp3) is 0.143. The smallest absolute Gasteiger partial charge is 0.260 e. The summed E-state index contributed by atoms with van der Waals surface area (Å²) in [7, 11) is 0. The van der Waals surface area contributed by atoms with E-state index in [4.69, 9.17) is 5.73 Å². The lowest BCUT2D eigenvalue weighted by Crippen LogP contribution is -2.31. The van der Waals surface area contributed by atoms with Crippen molar-refractivity contribution in [3.05, 3.63) is 54.1 Å². The molecular formula is C14H14FN3O. The van der Waals surface area contributed by atoms with Crippen molar-refractivity contribution in [1.29, 1.82) is 0 Å². The zero-order chi connectivity index (χ0) is 13.8. The van der Waals surface area contributed by atoms with Gasteiger partial charge in [-0.05, 0) is 37.3 Å². The average molecular weight is 259 g/mol. The number of carbonyl (C=O) groups is 1. The lowest BCUT2D eigenvalue weighted by atomic mass is 10.1. The maximum Gasteiger partial charge on any atom is 0.260 e. The van der Waals surface area contributed by atoms with Gasteiger partial charge in [0.25, 0.3) is 5.91 Å². The standard InChI is InChI=1S/C14H14FN3O/c1-2-18(11-5-7-17-8-6-11)14(19)12-4-3-10(15)9-13(12)16/h3-9H,2,16H2,1H3. The molecular weight excluding hydrogens is 245 g/mol. The number of hydrogen-bond donors (Lipinski definition) is 1. The van der Waals surface area contributed by atoms with Crippen molar-refractivity contribution >= 4 is 17.3 Å². The normalized spacial score (nSPS) is 10.2. The number of carbonyl (C=O) groups excluding carboxylic acids is 1. The minimum absolute atomic E-state index is 0.137. The van der Waals surface area contributed by atoms with Crippen molar-refractivity contribution in [2.45, 2.75) is 6.92 Å². The molecule has 0 aliphatic carbocycles. The lowest BCUT2D eigenvalue weighted by molar-refractivity contribution is 0.0989. The van der Waals surface area contributed by atoms with Crippen molar-refractivity contribution in [1.82, 2.24) is 4.98 Å². The second-order valence-electron chi connectivity index (χ2n) is 3.99. The van der Waals surface area contributed by atoms with E-state index in [9.17, 15) is 9.18 Å². The van der Waals surface area contributed by atoms with Crippen LogP contribution in [-0.4, -0.2) is 17.4 Å². The minimum Gasteiger partial charge on any atom is -0.398 e. The van der Waals surface area contributed by atoms with Gasteiger partial charge < -0.3 is 10.6 Å². The first-order chi connectivity index (χ1) is 9.13. The third kappa shape index (κ3) is 2.70. The molecule has 2 rings (SSSR count). The zero-order valence-corrected chi connectivity index (χ0v) is 10.5. The molecule has 2 aromatic rings. The maximum absolute atomic E-state index is 13.0. The quantitative estimate of drug-likeness (QED) is 0.861. The summed E-state index contributed by atoms with van der Waals surface area (Å²) in [5.74, 6) is -0.716. The van der Waals surface area contributed by atoms with E-state index in [1.807, 2.05) is 6.92 Å². The van der Waals surface area contributed by atoms with Crippen LogP contribution >= 0.6 is 0 Å². The molecule has 0 aliphatic heterocycles. The highest BCUT2D eigenvalue weighted by Gasteiger charge is 2.18. The molecule has 0 bridgehead atoms. The fourth-order valence-corrected chi connectivity index (χ4v) is 1.84. The van der Waals surface area contributed by atoms with Gasteiger partial charge >= 0.3 is 0 Å². The first-order valence-corrected chi connectivity index (χ1v) is 5.90. The number of benzene rings is 1. The van der Waals surface area contributed by atoms with Crippen LogP contribution in [0.1, 0.15) is 17.3 Å². The zero-order valence-electron chi connectivity index (χ0n) is 10.5. The number of hydrogen-bond acceptors (Lipinski definition) is 3. The van der Waals surface area contributed by atoms with Gasteiger partial charge in [0.1, 0.15) is 5.82 Å². The topological polar surface area (TPSA) is 59.2 Å². The Morgan fingerprint density at radius 3 is 2.58 bits per heavy atom. The molecule has 0 atom stereocenters. The Morgan fingerprint density at radius 1 is 1.32 bits per heavy atom. The molecule has 2 N–H and O–H groups in total. The Balaban J connectivity index is 2.36. The van der Waals surface area contributed by atoms with Gasteiger partial charge in [0.05, 0.1) is 5.56 Å². The summed E-state index contributed by atoms with van der Waals surface area (Å²) < 4.78 is 13.0. The molecule has 19 heavy (non-hydrogen) atoms. The van der Waals surface area contributed by atoms with Gasteiger partial charge in [-0.1, -0.05) is 0 Å². The Kier molecular flexibility index (Phi) is 3.75. The van der Waals surface area contributed by atoms with E-state index < -0.39 is 5.82 Å². The fourth-order valence-electron chi connectivity index (χ4n) is 1.84. The van der Waals surface area contributed by atoms with E-state index >= 15 is 0 Å². The van der Waals surface area contributed by atoms with E-state index in [0.29, 0.717) is 12.1 Å². The SMILES string of the molecule is CCN(C(=O)c1ccc(F)cc1N)c1ccncc1. The monoisotopic (exact) mass is 259 g/mol. The second kappa shape index (κ2) is 5.48. The molecule has 1 aromatic carbocycles. The van der Waals surface area contributed by atoms with Gasteiger partial charge in [0.15, 0.2) is 0 Å². The van der Waals surface area contributed by atoms with Crippen LogP contribution < -0.4 is 10.6 Å². The number of rotatable bonds is 3. The highest BCUT2D eigenvalue weighted by Crippen LogP contribution is 2.20. The number of nitrogen functional groups attached to an aromatic ring is 1. The number of nitrogens with zero attached hydrogens (tertiary/aromatic N) is 2.